The summed E-state index contributed by atoms with van der Waals surface area (Å²) in [4.78, 5) is 0. The third kappa shape index (κ3) is 7.11. The second kappa shape index (κ2) is 11.7. The van der Waals surface area contributed by atoms with E-state index in [2.05, 4.69) is 52.0 Å². The average molecular weight is 413 g/mol. The van der Waals surface area contributed by atoms with E-state index in [-0.39, 0.29) is 6.10 Å². The Balaban J connectivity index is 1.47. The first-order valence-electron chi connectivity index (χ1n) is 13.2. The minimum absolute atomic E-state index is 0.182. The highest BCUT2D eigenvalue weighted by molar-refractivity contribution is 5.24. The number of aliphatic hydroxyl groups excluding tert-OH is 1. The van der Waals surface area contributed by atoms with Crippen molar-refractivity contribution in [3.8, 4) is 0 Å². The van der Waals surface area contributed by atoms with Gasteiger partial charge in [0.15, 0.2) is 0 Å². The van der Waals surface area contributed by atoms with Gasteiger partial charge in [0, 0.05) is 0 Å². The fourth-order valence-electron chi connectivity index (χ4n) is 6.40. The summed E-state index contributed by atoms with van der Waals surface area (Å²) >= 11 is 0. The van der Waals surface area contributed by atoms with Crippen LogP contribution >= 0.6 is 0 Å². The number of aliphatic hydroxyl groups is 1. The fourth-order valence-corrected chi connectivity index (χ4v) is 6.40. The smallest absolute Gasteiger partial charge is 0.0583 e. The summed E-state index contributed by atoms with van der Waals surface area (Å²) in [5.74, 6) is 4.85. The Labute approximate surface area is 187 Å². The van der Waals surface area contributed by atoms with Crippen LogP contribution in [-0.4, -0.2) is 11.2 Å². The Hall–Kier alpha value is -0.820. The highest BCUT2D eigenvalue weighted by atomic mass is 16.3. The zero-order chi connectivity index (χ0) is 21.5. The molecular formula is C29H48O. The molecule has 0 aliphatic heterocycles. The number of hydrogen-bond donors (Lipinski definition) is 1. The van der Waals surface area contributed by atoms with Crippen LogP contribution in [0.25, 0.3) is 0 Å². The van der Waals surface area contributed by atoms with Gasteiger partial charge in [-0.15, -0.1) is 0 Å². The summed E-state index contributed by atoms with van der Waals surface area (Å²) < 4.78 is 0. The molecule has 0 aromatic heterocycles. The van der Waals surface area contributed by atoms with Crippen molar-refractivity contribution in [2.24, 2.45) is 35.5 Å². The predicted molar refractivity (Wildman–Crippen MR) is 130 cm³/mol. The van der Waals surface area contributed by atoms with Crippen LogP contribution in [0.1, 0.15) is 105 Å². The SMILES string of the molecule is CC[C@@H](C)[C@H](CC1CCC(C2CC=C(C)CC2)CC1)C[C@H](O)CC1=CC(C)CC=C1. The van der Waals surface area contributed by atoms with Crippen LogP contribution in [0.2, 0.25) is 0 Å². The summed E-state index contributed by atoms with van der Waals surface area (Å²) in [6.07, 6.45) is 24.6. The molecule has 30 heavy (non-hydrogen) atoms. The lowest BCUT2D eigenvalue weighted by molar-refractivity contribution is 0.102. The molecular weight excluding hydrogens is 364 g/mol. The molecule has 5 atom stereocenters. The third-order valence-electron chi connectivity index (χ3n) is 8.71. The number of hydrogen-bond acceptors (Lipinski definition) is 1. The van der Waals surface area contributed by atoms with Crippen molar-refractivity contribution in [1.29, 1.82) is 0 Å². The molecule has 0 radical (unpaired) electrons. The van der Waals surface area contributed by atoms with E-state index in [0.29, 0.717) is 11.8 Å². The van der Waals surface area contributed by atoms with Gasteiger partial charge < -0.3 is 5.11 Å². The van der Waals surface area contributed by atoms with Gasteiger partial charge in [0.05, 0.1) is 6.10 Å². The van der Waals surface area contributed by atoms with E-state index in [1.165, 1.54) is 63.4 Å². The maximum absolute atomic E-state index is 10.9. The average Bonchev–Trinajstić information content (AvgIpc) is 2.74. The first-order chi connectivity index (χ1) is 14.4. The molecule has 0 saturated heterocycles. The van der Waals surface area contributed by atoms with Crippen LogP contribution in [0, 0.1) is 35.5 Å². The van der Waals surface area contributed by atoms with Crippen molar-refractivity contribution in [2.45, 2.75) is 111 Å². The van der Waals surface area contributed by atoms with E-state index in [1.807, 2.05) is 0 Å². The zero-order valence-electron chi connectivity index (χ0n) is 20.3. The van der Waals surface area contributed by atoms with E-state index in [9.17, 15) is 5.11 Å². The first kappa shape index (κ1) is 23.8. The van der Waals surface area contributed by atoms with Crippen molar-refractivity contribution >= 4 is 0 Å². The van der Waals surface area contributed by atoms with Crippen LogP contribution < -0.4 is 0 Å². The van der Waals surface area contributed by atoms with Crippen LogP contribution in [0.3, 0.4) is 0 Å². The van der Waals surface area contributed by atoms with Gasteiger partial charge in [-0.2, -0.15) is 0 Å². The molecule has 0 heterocycles. The van der Waals surface area contributed by atoms with Crippen molar-refractivity contribution in [2.75, 3.05) is 0 Å². The lowest BCUT2D eigenvalue weighted by atomic mass is 9.69. The van der Waals surface area contributed by atoms with E-state index < -0.39 is 0 Å². The minimum Gasteiger partial charge on any atom is -0.393 e. The number of allylic oxidation sites excluding steroid dienone is 5. The van der Waals surface area contributed by atoms with Crippen LogP contribution in [0.15, 0.2) is 35.5 Å². The molecule has 1 heteroatoms. The third-order valence-corrected chi connectivity index (χ3v) is 8.71. The highest BCUT2D eigenvalue weighted by Gasteiger charge is 2.31. The van der Waals surface area contributed by atoms with Crippen LogP contribution in [-0.2, 0) is 0 Å². The first-order valence-corrected chi connectivity index (χ1v) is 13.2. The molecule has 0 spiro atoms. The summed E-state index contributed by atoms with van der Waals surface area (Å²) in [6, 6.07) is 0. The normalized spacial score (nSPS) is 32.8. The molecule has 3 aliphatic carbocycles. The monoisotopic (exact) mass is 412 g/mol. The topological polar surface area (TPSA) is 20.2 Å². The predicted octanol–water partition coefficient (Wildman–Crippen LogP) is 8.26. The fraction of sp³-hybridized carbons (Fsp3) is 0.793. The Morgan fingerprint density at radius 2 is 1.83 bits per heavy atom. The van der Waals surface area contributed by atoms with E-state index >= 15 is 0 Å². The maximum Gasteiger partial charge on any atom is 0.0583 e. The van der Waals surface area contributed by atoms with E-state index in [1.54, 1.807) is 5.57 Å². The van der Waals surface area contributed by atoms with Crippen LogP contribution in [0.5, 0.6) is 0 Å². The molecule has 3 rings (SSSR count). The maximum atomic E-state index is 10.9. The van der Waals surface area contributed by atoms with Crippen molar-refractivity contribution < 1.29 is 5.11 Å². The summed E-state index contributed by atoms with van der Waals surface area (Å²) in [5.41, 5.74) is 2.96. The van der Waals surface area contributed by atoms with Gasteiger partial charge in [-0.3, -0.25) is 0 Å². The lowest BCUT2D eigenvalue weighted by Gasteiger charge is -2.37. The van der Waals surface area contributed by atoms with Gasteiger partial charge in [0.1, 0.15) is 0 Å². The Bertz CT molecular complexity index is 604. The molecule has 0 bridgehead atoms. The largest absolute Gasteiger partial charge is 0.393 e. The second-order valence-electron chi connectivity index (χ2n) is 11.2. The van der Waals surface area contributed by atoms with Crippen molar-refractivity contribution in [1.82, 2.24) is 0 Å². The summed E-state index contributed by atoms with van der Waals surface area (Å²) in [7, 11) is 0. The van der Waals surface area contributed by atoms with Gasteiger partial charge in [0.25, 0.3) is 0 Å². The molecule has 0 aromatic rings. The Kier molecular flexibility index (Phi) is 9.30. The molecule has 1 fully saturated rings. The van der Waals surface area contributed by atoms with Gasteiger partial charge in [-0.05, 0) is 106 Å². The molecule has 1 nitrogen and oxygen atoms in total. The van der Waals surface area contributed by atoms with Gasteiger partial charge >= 0.3 is 0 Å². The molecule has 0 amide bonds. The van der Waals surface area contributed by atoms with Crippen molar-refractivity contribution in [3.63, 3.8) is 0 Å². The van der Waals surface area contributed by atoms with E-state index in [0.717, 1.165) is 42.9 Å². The second-order valence-corrected chi connectivity index (χ2v) is 11.2. The van der Waals surface area contributed by atoms with Crippen LogP contribution in [0.4, 0.5) is 0 Å². The Morgan fingerprint density at radius 1 is 1.07 bits per heavy atom. The molecule has 3 aliphatic rings. The molecule has 170 valence electrons. The quantitative estimate of drug-likeness (QED) is 0.378. The lowest BCUT2D eigenvalue weighted by Crippen LogP contribution is -2.27. The van der Waals surface area contributed by atoms with Crippen molar-refractivity contribution in [3.05, 3.63) is 35.5 Å². The molecule has 1 N–H and O–H groups in total. The van der Waals surface area contributed by atoms with Gasteiger partial charge in [-0.1, -0.05) is 69.9 Å². The minimum atomic E-state index is -0.182. The zero-order valence-corrected chi connectivity index (χ0v) is 20.3. The standard InChI is InChI=1S/C29H48O/c1-5-23(4)28(20-29(30)19-25-8-6-7-22(3)17-25)18-24-11-15-27(16-12-24)26-13-9-21(2)10-14-26/h6,8-9,17,22-24,26-30H,5,7,10-16,18-20H2,1-4H3/t22?,23-,24?,26?,27?,28-,29-/m1/s1. The Morgan fingerprint density at radius 3 is 2.47 bits per heavy atom. The molecule has 0 aromatic carbocycles. The molecule has 1 saturated carbocycles. The summed E-state index contributed by atoms with van der Waals surface area (Å²) in [6.45, 7) is 9.33. The molecule has 2 unspecified atom stereocenters. The number of rotatable bonds is 9. The highest BCUT2D eigenvalue weighted by Crippen LogP contribution is 2.42. The van der Waals surface area contributed by atoms with Gasteiger partial charge in [-0.25, -0.2) is 0 Å². The van der Waals surface area contributed by atoms with Gasteiger partial charge in [0.2, 0.25) is 0 Å². The summed E-state index contributed by atoms with van der Waals surface area (Å²) in [5, 5.41) is 10.9. The van der Waals surface area contributed by atoms with E-state index in [4.69, 9.17) is 0 Å².